The topological polar surface area (TPSA) is 94.6 Å². The van der Waals surface area contributed by atoms with Gasteiger partial charge in [0.1, 0.15) is 29.4 Å². The van der Waals surface area contributed by atoms with Crippen LogP contribution in [0, 0.1) is 0 Å². The Hall–Kier alpha value is -2.96. The first-order chi connectivity index (χ1) is 14.7. The molecule has 0 bridgehead atoms. The first kappa shape index (κ1) is 22.7. The quantitative estimate of drug-likeness (QED) is 0.457. The van der Waals surface area contributed by atoms with Crippen LogP contribution in [0.2, 0.25) is 5.02 Å². The Morgan fingerprint density at radius 2 is 1.55 bits per heavy atom. The summed E-state index contributed by atoms with van der Waals surface area (Å²) in [6.07, 6.45) is 1.49. The Balaban J connectivity index is 1.89. The molecular weight excluding hydrogens is 439 g/mol. The third kappa shape index (κ3) is 5.40. The minimum Gasteiger partial charge on any atom is -0.497 e. The maximum Gasteiger partial charge on any atom is 0.229 e. The Labute approximate surface area is 186 Å². The monoisotopic (exact) mass is 462 g/mol. The van der Waals surface area contributed by atoms with E-state index in [0.29, 0.717) is 45.4 Å². The molecule has 0 saturated carbocycles. The Morgan fingerprint density at radius 3 is 2.19 bits per heavy atom. The molecule has 0 radical (unpaired) electrons. The molecule has 0 fully saturated rings. The molecule has 0 aliphatic heterocycles. The Morgan fingerprint density at radius 1 is 0.903 bits per heavy atom. The molecule has 0 atom stereocenters. The molecule has 31 heavy (non-hydrogen) atoms. The van der Waals surface area contributed by atoms with E-state index < -0.39 is 7.14 Å². The SMILES string of the molecule is COc1ccc(Nc2nc(Nc3ccc(P(C)(C)=O)cc3OC)ncc2Cl)c(OC)c1. The summed E-state index contributed by atoms with van der Waals surface area (Å²) < 4.78 is 28.4. The van der Waals surface area contributed by atoms with Crippen LogP contribution in [0.3, 0.4) is 0 Å². The molecule has 2 N–H and O–H groups in total. The number of methoxy groups -OCH3 is 3. The second kappa shape index (κ2) is 9.45. The van der Waals surface area contributed by atoms with Gasteiger partial charge in [0.05, 0.1) is 38.9 Å². The van der Waals surface area contributed by atoms with Gasteiger partial charge in [-0.3, -0.25) is 0 Å². The molecule has 10 heteroatoms. The molecule has 3 aromatic rings. The number of anilines is 4. The molecule has 0 amide bonds. The van der Waals surface area contributed by atoms with Gasteiger partial charge >= 0.3 is 0 Å². The highest BCUT2D eigenvalue weighted by Crippen LogP contribution is 2.38. The predicted molar refractivity (Wildman–Crippen MR) is 125 cm³/mol. The summed E-state index contributed by atoms with van der Waals surface area (Å²) in [5, 5.41) is 7.33. The summed E-state index contributed by atoms with van der Waals surface area (Å²) in [6, 6.07) is 10.7. The Kier molecular flexibility index (Phi) is 6.93. The van der Waals surface area contributed by atoms with E-state index in [0.717, 1.165) is 5.30 Å². The van der Waals surface area contributed by atoms with Crippen molar-refractivity contribution >= 4 is 47.2 Å². The molecule has 0 spiro atoms. The maximum atomic E-state index is 12.4. The van der Waals surface area contributed by atoms with E-state index in [4.69, 9.17) is 25.8 Å². The number of aromatic nitrogens is 2. The summed E-state index contributed by atoms with van der Waals surface area (Å²) in [4.78, 5) is 8.70. The predicted octanol–water partition coefficient (Wildman–Crippen LogP) is 4.89. The number of nitrogens with zero attached hydrogens (tertiary/aromatic N) is 2. The van der Waals surface area contributed by atoms with E-state index in [-0.39, 0.29) is 0 Å². The zero-order valence-corrected chi connectivity index (χ0v) is 19.5. The lowest BCUT2D eigenvalue weighted by Crippen LogP contribution is -2.07. The van der Waals surface area contributed by atoms with E-state index in [9.17, 15) is 4.57 Å². The average molecular weight is 463 g/mol. The molecule has 0 aliphatic rings. The highest BCUT2D eigenvalue weighted by Gasteiger charge is 2.16. The number of rotatable bonds is 8. The largest absolute Gasteiger partial charge is 0.497 e. The van der Waals surface area contributed by atoms with Crippen molar-refractivity contribution < 1.29 is 18.8 Å². The molecule has 1 heterocycles. The average Bonchev–Trinajstić information content (AvgIpc) is 2.75. The molecule has 0 unspecified atom stereocenters. The van der Waals surface area contributed by atoms with Gasteiger partial charge in [0, 0.05) is 11.4 Å². The van der Waals surface area contributed by atoms with Gasteiger partial charge in [-0.1, -0.05) is 11.6 Å². The second-order valence-corrected chi connectivity index (χ2v) is 10.6. The summed E-state index contributed by atoms with van der Waals surface area (Å²) >= 11 is 6.30. The van der Waals surface area contributed by atoms with Gasteiger partial charge < -0.3 is 29.4 Å². The van der Waals surface area contributed by atoms with E-state index in [1.807, 2.05) is 0 Å². The summed E-state index contributed by atoms with van der Waals surface area (Å²) in [5.41, 5.74) is 1.30. The van der Waals surface area contributed by atoms with Crippen LogP contribution in [0.15, 0.2) is 42.6 Å². The van der Waals surface area contributed by atoms with Crippen molar-refractivity contribution in [2.24, 2.45) is 0 Å². The van der Waals surface area contributed by atoms with Gasteiger partial charge in [-0.2, -0.15) is 4.98 Å². The third-order valence-electron chi connectivity index (χ3n) is 4.46. The van der Waals surface area contributed by atoms with Crippen molar-refractivity contribution in [3.8, 4) is 17.2 Å². The zero-order valence-electron chi connectivity index (χ0n) is 17.9. The minimum absolute atomic E-state index is 0.307. The van der Waals surface area contributed by atoms with Gasteiger partial charge in [-0.25, -0.2) is 4.98 Å². The first-order valence-corrected chi connectivity index (χ1v) is 12.2. The van der Waals surface area contributed by atoms with Gasteiger partial charge in [0.25, 0.3) is 0 Å². The number of nitrogens with one attached hydrogen (secondary N) is 2. The van der Waals surface area contributed by atoms with E-state index >= 15 is 0 Å². The van der Waals surface area contributed by atoms with Gasteiger partial charge in [0.15, 0.2) is 5.82 Å². The number of benzene rings is 2. The van der Waals surface area contributed by atoms with Crippen molar-refractivity contribution in [1.82, 2.24) is 9.97 Å². The highest BCUT2D eigenvalue weighted by molar-refractivity contribution is 7.70. The first-order valence-electron chi connectivity index (χ1n) is 9.27. The molecule has 2 aromatic carbocycles. The van der Waals surface area contributed by atoms with Crippen LogP contribution in [-0.4, -0.2) is 44.6 Å². The lowest BCUT2D eigenvalue weighted by molar-refractivity contribution is 0.395. The Bertz CT molecular complexity index is 1140. The number of hydrogen-bond acceptors (Lipinski definition) is 8. The lowest BCUT2D eigenvalue weighted by Gasteiger charge is -2.15. The summed E-state index contributed by atoms with van der Waals surface area (Å²) in [5.74, 6) is 2.47. The van der Waals surface area contributed by atoms with Crippen molar-refractivity contribution in [3.63, 3.8) is 0 Å². The lowest BCUT2D eigenvalue weighted by atomic mass is 10.2. The van der Waals surface area contributed by atoms with Gasteiger partial charge in [-0.05, 0) is 43.7 Å². The standard InChI is InChI=1S/C21H24ClN4O4P/c1-28-13-6-8-16(18(10-13)29-2)24-20-15(22)12-23-21(26-20)25-17-9-7-14(31(4,5)27)11-19(17)30-3/h6-12H,1-5H3,(H2,23,24,25,26). The molecule has 3 rings (SSSR count). The van der Waals surface area contributed by atoms with Gasteiger partial charge in [-0.15, -0.1) is 0 Å². The van der Waals surface area contributed by atoms with Crippen LogP contribution in [0.1, 0.15) is 0 Å². The van der Waals surface area contributed by atoms with Crippen LogP contribution in [-0.2, 0) is 4.57 Å². The number of hydrogen-bond donors (Lipinski definition) is 2. The second-order valence-electron chi connectivity index (χ2n) is 6.94. The zero-order chi connectivity index (χ0) is 22.6. The number of ether oxygens (including phenoxy) is 3. The van der Waals surface area contributed by atoms with Crippen LogP contribution in [0.4, 0.5) is 23.1 Å². The smallest absolute Gasteiger partial charge is 0.229 e. The minimum atomic E-state index is -2.41. The van der Waals surface area contributed by atoms with Crippen molar-refractivity contribution in [1.29, 1.82) is 0 Å². The molecule has 1 aromatic heterocycles. The normalized spacial score (nSPS) is 11.0. The molecule has 164 valence electrons. The fraction of sp³-hybridized carbons (Fsp3) is 0.238. The molecule has 0 saturated heterocycles. The van der Waals surface area contributed by atoms with E-state index in [1.165, 1.54) is 6.20 Å². The van der Waals surface area contributed by atoms with Crippen molar-refractivity contribution in [3.05, 3.63) is 47.6 Å². The van der Waals surface area contributed by atoms with Gasteiger partial charge in [0.2, 0.25) is 5.95 Å². The molecular formula is C21H24ClN4O4P. The van der Waals surface area contributed by atoms with Crippen LogP contribution < -0.4 is 30.1 Å². The summed E-state index contributed by atoms with van der Waals surface area (Å²) in [7, 11) is 2.28. The molecule has 0 aliphatic carbocycles. The summed E-state index contributed by atoms with van der Waals surface area (Å²) in [6.45, 7) is 3.42. The van der Waals surface area contributed by atoms with Crippen molar-refractivity contribution in [2.45, 2.75) is 0 Å². The third-order valence-corrected chi connectivity index (χ3v) is 6.26. The van der Waals surface area contributed by atoms with E-state index in [2.05, 4.69) is 20.6 Å². The number of halogens is 1. The fourth-order valence-electron chi connectivity index (χ4n) is 2.78. The molecule has 8 nitrogen and oxygen atoms in total. The van der Waals surface area contributed by atoms with Crippen LogP contribution >= 0.6 is 18.7 Å². The van der Waals surface area contributed by atoms with Crippen LogP contribution in [0.5, 0.6) is 17.2 Å². The van der Waals surface area contributed by atoms with E-state index in [1.54, 1.807) is 71.1 Å². The van der Waals surface area contributed by atoms with Crippen molar-refractivity contribution in [2.75, 3.05) is 45.3 Å². The van der Waals surface area contributed by atoms with Crippen LogP contribution in [0.25, 0.3) is 0 Å². The maximum absolute atomic E-state index is 12.4. The highest BCUT2D eigenvalue weighted by atomic mass is 35.5. The fourth-order valence-corrected chi connectivity index (χ4v) is 3.78.